The lowest BCUT2D eigenvalue weighted by Crippen LogP contribution is -2.36. The van der Waals surface area contributed by atoms with Crippen molar-refractivity contribution >= 4 is 28.6 Å². The fourth-order valence-electron chi connectivity index (χ4n) is 6.64. The maximum absolute atomic E-state index is 11.6. The van der Waals surface area contributed by atoms with Gasteiger partial charge < -0.3 is 0 Å². The van der Waals surface area contributed by atoms with Crippen LogP contribution >= 0.6 is 28.6 Å². The van der Waals surface area contributed by atoms with E-state index in [0.717, 1.165) is 30.1 Å². The van der Waals surface area contributed by atoms with Gasteiger partial charge in [0.25, 0.3) is 0 Å². The van der Waals surface area contributed by atoms with Crippen molar-refractivity contribution in [2.24, 2.45) is 29.1 Å². The van der Waals surface area contributed by atoms with Gasteiger partial charge in [0.1, 0.15) is 0 Å². The van der Waals surface area contributed by atoms with Crippen LogP contribution in [0.1, 0.15) is 91.9 Å². The molecule has 0 aromatic heterocycles. The van der Waals surface area contributed by atoms with Crippen LogP contribution in [0.2, 0.25) is 0 Å². The number of fused-ring (bicyclic) bond motifs is 1. The van der Waals surface area contributed by atoms with Crippen LogP contribution in [0.3, 0.4) is 0 Å². The van der Waals surface area contributed by atoms with Crippen molar-refractivity contribution in [1.29, 1.82) is 0 Å². The highest BCUT2D eigenvalue weighted by molar-refractivity contribution is 8.05. The molecule has 2 nitrogen and oxygen atoms in total. The van der Waals surface area contributed by atoms with Crippen molar-refractivity contribution in [3.8, 4) is 0 Å². The molecule has 3 aliphatic rings. The van der Waals surface area contributed by atoms with Crippen molar-refractivity contribution < 1.29 is 9.09 Å². The van der Waals surface area contributed by atoms with Crippen LogP contribution in [0, 0.1) is 29.1 Å². The second-order valence-corrected chi connectivity index (χ2v) is 15.1. The Balaban J connectivity index is 1.66. The molecule has 31 heavy (non-hydrogen) atoms. The molecule has 0 bridgehead atoms. The first-order valence-electron chi connectivity index (χ1n) is 12.3. The van der Waals surface area contributed by atoms with Gasteiger partial charge in [0.05, 0.1) is 6.10 Å². The summed E-state index contributed by atoms with van der Waals surface area (Å²) >= 11 is 11.2. The third-order valence-corrected chi connectivity index (χ3v) is 9.15. The summed E-state index contributed by atoms with van der Waals surface area (Å²) in [5.41, 5.74) is 3.40. The van der Waals surface area contributed by atoms with E-state index >= 15 is 0 Å². The highest BCUT2D eigenvalue weighted by Gasteiger charge is 2.50. The van der Waals surface area contributed by atoms with Gasteiger partial charge in [0, 0.05) is 0 Å². The Morgan fingerprint density at radius 1 is 1.23 bits per heavy atom. The van der Waals surface area contributed by atoms with E-state index in [2.05, 4.69) is 45.9 Å². The summed E-state index contributed by atoms with van der Waals surface area (Å²) in [6.07, 6.45) is 17.3. The minimum atomic E-state index is -3.51. The molecule has 0 spiro atoms. The Kier molecular flexibility index (Phi) is 9.04. The lowest BCUT2D eigenvalue weighted by molar-refractivity contribution is 0.0929. The number of halogens is 2. The van der Waals surface area contributed by atoms with Gasteiger partial charge in [-0.3, -0.25) is 9.09 Å². The summed E-state index contributed by atoms with van der Waals surface area (Å²) < 4.78 is 16.9. The molecule has 5 heteroatoms. The van der Waals surface area contributed by atoms with E-state index in [0.29, 0.717) is 11.8 Å². The van der Waals surface area contributed by atoms with E-state index in [-0.39, 0.29) is 6.10 Å². The first-order valence-corrected chi connectivity index (χ1v) is 15.7. The second kappa shape index (κ2) is 10.9. The Labute approximate surface area is 199 Å². The van der Waals surface area contributed by atoms with E-state index in [1.807, 2.05) is 6.08 Å². The van der Waals surface area contributed by atoms with Gasteiger partial charge in [0.15, 0.2) is 0 Å². The number of hydrogen-bond acceptors (Lipinski definition) is 2. The monoisotopic (exact) mass is 486 g/mol. The molecular weight excluding hydrogens is 446 g/mol. The van der Waals surface area contributed by atoms with E-state index in [9.17, 15) is 4.57 Å². The Bertz CT molecular complexity index is 751. The number of allylic oxidation sites excluding steroid dienone is 4. The third-order valence-electron chi connectivity index (χ3n) is 8.15. The molecule has 0 heterocycles. The summed E-state index contributed by atoms with van der Waals surface area (Å²) in [4.78, 5) is 0. The SMILES string of the molecule is CC(C)CCCC(C)C1CCC2/C(=C/C=C3\CC=CC(OP(=O)(Cl)Cl)C3)CCCC21C. The van der Waals surface area contributed by atoms with Gasteiger partial charge in [-0.25, -0.2) is 0 Å². The Morgan fingerprint density at radius 3 is 2.71 bits per heavy atom. The van der Waals surface area contributed by atoms with Crippen molar-refractivity contribution in [2.45, 2.75) is 98.0 Å². The van der Waals surface area contributed by atoms with Crippen LogP contribution in [0.15, 0.2) is 35.5 Å². The smallest absolute Gasteiger partial charge is 0.298 e. The summed E-state index contributed by atoms with van der Waals surface area (Å²) in [7, 11) is 0. The topological polar surface area (TPSA) is 26.3 Å². The zero-order chi connectivity index (χ0) is 22.6. The molecule has 0 aromatic carbocycles. The average molecular weight is 487 g/mol. The van der Waals surface area contributed by atoms with Crippen LogP contribution < -0.4 is 0 Å². The lowest BCUT2D eigenvalue weighted by atomic mass is 9.60. The van der Waals surface area contributed by atoms with E-state index in [1.54, 1.807) is 5.57 Å². The zero-order valence-corrected chi connectivity index (χ0v) is 22.2. The Morgan fingerprint density at radius 2 is 2.00 bits per heavy atom. The van der Waals surface area contributed by atoms with Gasteiger partial charge in [-0.15, -0.1) is 0 Å². The van der Waals surface area contributed by atoms with Crippen LogP contribution in [0.25, 0.3) is 0 Å². The van der Waals surface area contributed by atoms with Crippen molar-refractivity contribution in [3.05, 3.63) is 35.5 Å². The quantitative estimate of drug-likeness (QED) is 0.252. The minimum Gasteiger partial charge on any atom is -0.298 e. The normalized spacial score (nSPS) is 35.1. The van der Waals surface area contributed by atoms with Crippen LogP contribution in [0.5, 0.6) is 0 Å². The van der Waals surface area contributed by atoms with E-state index < -0.39 is 6.07 Å². The number of hydrogen-bond donors (Lipinski definition) is 0. The largest absolute Gasteiger partial charge is 0.380 e. The van der Waals surface area contributed by atoms with Crippen LogP contribution in [0.4, 0.5) is 0 Å². The van der Waals surface area contributed by atoms with Gasteiger partial charge in [-0.1, -0.05) is 82.4 Å². The molecule has 2 fully saturated rings. The zero-order valence-electron chi connectivity index (χ0n) is 19.8. The standard InChI is InChI=1S/C26H41Cl2O2P/c1-19(2)8-5-9-20(3)24-15-16-25-22(11-7-17-26(24,25)4)14-13-21-10-6-12-23(18-21)30-31(27,28)29/h6,12-14,19-20,23-25H,5,7-11,15-18H2,1-4H3/b21-13+,22-14+. The molecule has 0 aromatic rings. The number of rotatable bonds is 8. The molecule has 2 saturated carbocycles. The molecule has 3 aliphatic carbocycles. The first kappa shape index (κ1) is 25.6. The molecule has 0 N–H and O–H groups in total. The predicted octanol–water partition coefficient (Wildman–Crippen LogP) is 9.84. The highest BCUT2D eigenvalue weighted by atomic mass is 35.9. The second-order valence-electron chi connectivity index (χ2n) is 10.9. The fourth-order valence-corrected chi connectivity index (χ4v) is 7.71. The van der Waals surface area contributed by atoms with Gasteiger partial charge in [-0.2, -0.15) is 0 Å². The summed E-state index contributed by atoms with van der Waals surface area (Å²) in [5.74, 6) is 3.23. The molecule has 3 rings (SSSR count). The summed E-state index contributed by atoms with van der Waals surface area (Å²) in [6.45, 7) is 9.77. The summed E-state index contributed by atoms with van der Waals surface area (Å²) in [6, 6.07) is 0. The van der Waals surface area contributed by atoms with Gasteiger partial charge in [-0.05, 0) is 96.5 Å². The van der Waals surface area contributed by atoms with Crippen LogP contribution in [-0.4, -0.2) is 6.10 Å². The Hall–Kier alpha value is -0.0100. The van der Waals surface area contributed by atoms with E-state index in [1.165, 1.54) is 56.9 Å². The first-order chi connectivity index (χ1) is 14.6. The van der Waals surface area contributed by atoms with E-state index in [4.69, 9.17) is 27.0 Å². The van der Waals surface area contributed by atoms with Crippen molar-refractivity contribution in [2.75, 3.05) is 0 Å². The maximum atomic E-state index is 11.6. The molecule has 176 valence electrons. The third kappa shape index (κ3) is 6.99. The highest BCUT2D eigenvalue weighted by Crippen LogP contribution is 2.60. The van der Waals surface area contributed by atoms with Crippen LogP contribution in [-0.2, 0) is 9.09 Å². The predicted molar refractivity (Wildman–Crippen MR) is 135 cm³/mol. The fraction of sp³-hybridized carbons (Fsp3) is 0.769. The molecule has 5 unspecified atom stereocenters. The van der Waals surface area contributed by atoms with Gasteiger partial charge in [0.2, 0.25) is 0 Å². The minimum absolute atomic E-state index is 0.293. The molecule has 0 saturated heterocycles. The molecular formula is C26H41Cl2O2P. The van der Waals surface area contributed by atoms with Gasteiger partial charge >= 0.3 is 6.07 Å². The van der Waals surface area contributed by atoms with Crippen molar-refractivity contribution in [3.63, 3.8) is 0 Å². The lowest BCUT2D eigenvalue weighted by Gasteiger charge is -2.44. The maximum Gasteiger partial charge on any atom is 0.380 e. The molecule has 0 radical (unpaired) electrons. The summed E-state index contributed by atoms with van der Waals surface area (Å²) in [5, 5.41) is 0. The molecule has 5 atom stereocenters. The van der Waals surface area contributed by atoms with Crippen molar-refractivity contribution in [1.82, 2.24) is 0 Å². The molecule has 0 aliphatic heterocycles. The average Bonchev–Trinajstić information content (AvgIpc) is 3.02. The molecule has 0 amide bonds.